The van der Waals surface area contributed by atoms with E-state index in [2.05, 4.69) is 10.3 Å². The van der Waals surface area contributed by atoms with Crippen LogP contribution in [0, 0.1) is 0 Å². The van der Waals surface area contributed by atoms with E-state index >= 15 is 0 Å². The Bertz CT molecular complexity index is 554. The maximum atomic E-state index is 4.30. The highest BCUT2D eigenvalue weighted by molar-refractivity contribution is 5.74. The Hall–Kier alpha value is -2.61. The zero-order valence-corrected chi connectivity index (χ0v) is 10.6. The summed E-state index contributed by atoms with van der Waals surface area (Å²) in [6, 6.07) is 19.9. The van der Waals surface area contributed by atoms with E-state index in [9.17, 15) is 0 Å². The summed E-state index contributed by atoms with van der Waals surface area (Å²) < 4.78 is 0. The molecule has 0 amide bonds. The summed E-state index contributed by atoms with van der Waals surface area (Å²) in [5.41, 5.74) is 2.03. The summed E-state index contributed by atoms with van der Waals surface area (Å²) in [6.07, 6.45) is 9.44. The van der Waals surface area contributed by atoms with Crippen LogP contribution in [0.15, 0.2) is 90.1 Å². The Labute approximate surface area is 113 Å². The SMILES string of the molecule is C(=C\C=N\c1ccccc1)/C=C/Nc1ccccc1. The molecule has 0 aliphatic carbocycles. The number of aliphatic imine (C=N–C) groups is 1. The average Bonchev–Trinajstić information content (AvgIpc) is 2.48. The molecule has 94 valence electrons. The van der Waals surface area contributed by atoms with Crippen molar-refractivity contribution in [3.63, 3.8) is 0 Å². The molecule has 2 nitrogen and oxygen atoms in total. The number of rotatable bonds is 5. The van der Waals surface area contributed by atoms with Crippen LogP contribution in [0.25, 0.3) is 0 Å². The van der Waals surface area contributed by atoms with Crippen LogP contribution in [-0.4, -0.2) is 6.21 Å². The van der Waals surface area contributed by atoms with E-state index in [-0.39, 0.29) is 0 Å². The predicted molar refractivity (Wildman–Crippen MR) is 82.9 cm³/mol. The number of allylic oxidation sites excluding steroid dienone is 3. The largest absolute Gasteiger partial charge is 0.362 e. The van der Waals surface area contributed by atoms with Gasteiger partial charge in [-0.2, -0.15) is 0 Å². The molecule has 0 aliphatic heterocycles. The number of nitrogens with one attached hydrogen (secondary N) is 1. The molecule has 0 unspecified atom stereocenters. The lowest BCUT2D eigenvalue weighted by molar-refractivity contribution is 1.54. The maximum Gasteiger partial charge on any atom is 0.0629 e. The molecule has 0 saturated carbocycles. The molecule has 2 aromatic rings. The van der Waals surface area contributed by atoms with Crippen molar-refractivity contribution in [3.8, 4) is 0 Å². The molecule has 0 atom stereocenters. The van der Waals surface area contributed by atoms with E-state index in [0.717, 1.165) is 11.4 Å². The van der Waals surface area contributed by atoms with Gasteiger partial charge in [-0.1, -0.05) is 42.5 Å². The lowest BCUT2D eigenvalue weighted by Gasteiger charge is -1.97. The molecule has 2 rings (SSSR count). The van der Waals surface area contributed by atoms with Gasteiger partial charge >= 0.3 is 0 Å². The molecule has 0 heterocycles. The Balaban J connectivity index is 1.76. The van der Waals surface area contributed by atoms with Gasteiger partial charge in [0.05, 0.1) is 5.69 Å². The number of hydrogen-bond donors (Lipinski definition) is 1. The zero-order chi connectivity index (χ0) is 13.2. The number of nitrogens with zero attached hydrogens (tertiary/aromatic N) is 1. The molecule has 0 aromatic heterocycles. The Morgan fingerprint density at radius 3 is 2.16 bits per heavy atom. The predicted octanol–water partition coefficient (Wildman–Crippen LogP) is 4.57. The third kappa shape index (κ3) is 5.04. The van der Waals surface area contributed by atoms with Gasteiger partial charge in [-0.05, 0) is 36.4 Å². The van der Waals surface area contributed by atoms with Crippen molar-refractivity contribution in [2.75, 3.05) is 5.32 Å². The first-order valence-corrected chi connectivity index (χ1v) is 6.18. The van der Waals surface area contributed by atoms with Crippen molar-refractivity contribution < 1.29 is 0 Å². The summed E-state index contributed by atoms with van der Waals surface area (Å²) in [5, 5.41) is 3.18. The average molecular weight is 248 g/mol. The van der Waals surface area contributed by atoms with Crippen LogP contribution >= 0.6 is 0 Å². The first kappa shape index (κ1) is 12.8. The fourth-order valence-corrected chi connectivity index (χ4v) is 1.49. The van der Waals surface area contributed by atoms with Crippen LogP contribution in [0.3, 0.4) is 0 Å². The van der Waals surface area contributed by atoms with Crippen LogP contribution in [0.2, 0.25) is 0 Å². The topological polar surface area (TPSA) is 24.4 Å². The smallest absolute Gasteiger partial charge is 0.0629 e. The summed E-state index contributed by atoms with van der Waals surface area (Å²) >= 11 is 0. The van der Waals surface area contributed by atoms with Crippen LogP contribution in [0.5, 0.6) is 0 Å². The molecule has 0 fully saturated rings. The van der Waals surface area contributed by atoms with E-state index in [1.165, 1.54) is 0 Å². The van der Waals surface area contributed by atoms with Crippen LogP contribution in [-0.2, 0) is 0 Å². The van der Waals surface area contributed by atoms with Gasteiger partial charge in [0.25, 0.3) is 0 Å². The highest BCUT2D eigenvalue weighted by Crippen LogP contribution is 2.08. The third-order valence-corrected chi connectivity index (χ3v) is 2.41. The van der Waals surface area contributed by atoms with Gasteiger partial charge in [-0.3, -0.25) is 4.99 Å². The zero-order valence-electron chi connectivity index (χ0n) is 10.6. The summed E-state index contributed by atoms with van der Waals surface area (Å²) in [6.45, 7) is 0. The second-order valence-electron chi connectivity index (χ2n) is 3.87. The van der Waals surface area contributed by atoms with Gasteiger partial charge in [0.2, 0.25) is 0 Å². The van der Waals surface area contributed by atoms with Crippen molar-refractivity contribution >= 4 is 17.6 Å². The quantitative estimate of drug-likeness (QED) is 0.608. The van der Waals surface area contributed by atoms with Crippen molar-refractivity contribution in [2.45, 2.75) is 0 Å². The van der Waals surface area contributed by atoms with Crippen LogP contribution < -0.4 is 5.32 Å². The summed E-state index contributed by atoms with van der Waals surface area (Å²) in [7, 11) is 0. The third-order valence-electron chi connectivity index (χ3n) is 2.41. The highest BCUT2D eigenvalue weighted by Gasteiger charge is 1.82. The van der Waals surface area contributed by atoms with E-state index < -0.39 is 0 Å². The van der Waals surface area contributed by atoms with Gasteiger partial charge in [0.1, 0.15) is 0 Å². The summed E-state index contributed by atoms with van der Waals surface area (Å²) in [4.78, 5) is 4.30. The second kappa shape index (κ2) is 7.67. The van der Waals surface area contributed by atoms with Crippen molar-refractivity contribution in [3.05, 3.63) is 85.1 Å². The van der Waals surface area contributed by atoms with Crippen molar-refractivity contribution in [1.82, 2.24) is 0 Å². The first-order chi connectivity index (χ1) is 9.45. The minimum Gasteiger partial charge on any atom is -0.362 e. The minimum absolute atomic E-state index is 0.957. The Kier molecular flexibility index (Phi) is 5.18. The molecule has 0 bridgehead atoms. The minimum atomic E-state index is 0.957. The molecule has 0 spiro atoms. The number of para-hydroxylation sites is 2. The fourth-order valence-electron chi connectivity index (χ4n) is 1.49. The highest BCUT2D eigenvalue weighted by atomic mass is 14.8. The Morgan fingerprint density at radius 2 is 1.42 bits per heavy atom. The first-order valence-electron chi connectivity index (χ1n) is 6.18. The number of anilines is 1. The van der Waals surface area contributed by atoms with Crippen molar-refractivity contribution in [1.29, 1.82) is 0 Å². The van der Waals surface area contributed by atoms with E-state index in [0.29, 0.717) is 0 Å². The lowest BCUT2D eigenvalue weighted by atomic mass is 10.3. The van der Waals surface area contributed by atoms with Crippen LogP contribution in [0.1, 0.15) is 0 Å². The molecular weight excluding hydrogens is 232 g/mol. The molecule has 0 aliphatic rings. The van der Waals surface area contributed by atoms with E-state index in [1.807, 2.05) is 85.1 Å². The molecule has 19 heavy (non-hydrogen) atoms. The van der Waals surface area contributed by atoms with Crippen molar-refractivity contribution in [2.24, 2.45) is 4.99 Å². The van der Waals surface area contributed by atoms with E-state index in [4.69, 9.17) is 0 Å². The monoisotopic (exact) mass is 248 g/mol. The van der Waals surface area contributed by atoms with Gasteiger partial charge in [0.15, 0.2) is 0 Å². The molecule has 2 aromatic carbocycles. The van der Waals surface area contributed by atoms with E-state index in [1.54, 1.807) is 6.21 Å². The normalized spacial score (nSPS) is 11.6. The number of benzene rings is 2. The Morgan fingerprint density at radius 1 is 0.737 bits per heavy atom. The van der Waals surface area contributed by atoms with Gasteiger partial charge < -0.3 is 5.32 Å². The maximum absolute atomic E-state index is 4.30. The fraction of sp³-hybridized carbons (Fsp3) is 0. The molecule has 0 radical (unpaired) electrons. The lowest BCUT2D eigenvalue weighted by Crippen LogP contribution is -1.84. The van der Waals surface area contributed by atoms with Gasteiger partial charge in [0, 0.05) is 18.1 Å². The van der Waals surface area contributed by atoms with Gasteiger partial charge in [-0.15, -0.1) is 0 Å². The van der Waals surface area contributed by atoms with Crippen LogP contribution in [0.4, 0.5) is 11.4 Å². The standard InChI is InChI=1S/C17H16N2/c1-4-10-16(11-5-1)18-14-8-3-9-15-19-17-12-6-2-7-13-17/h1-15,18H/b9-3+,14-8+,19-15+. The molecular formula is C17H16N2. The summed E-state index contributed by atoms with van der Waals surface area (Å²) in [5.74, 6) is 0. The second-order valence-corrected chi connectivity index (χ2v) is 3.87. The molecule has 1 N–H and O–H groups in total. The van der Waals surface area contributed by atoms with Gasteiger partial charge in [-0.25, -0.2) is 0 Å². The number of hydrogen-bond acceptors (Lipinski definition) is 2. The molecule has 0 saturated heterocycles. The molecule has 2 heteroatoms.